The quantitative estimate of drug-likeness (QED) is 0.771. The van der Waals surface area contributed by atoms with Gasteiger partial charge in [0.2, 0.25) is 5.91 Å². The molecule has 2 aromatic rings. The number of aromatic nitrogens is 3. The van der Waals surface area contributed by atoms with Crippen molar-refractivity contribution in [2.45, 2.75) is 19.9 Å². The molecule has 1 N–H and O–H groups in total. The van der Waals surface area contributed by atoms with Gasteiger partial charge >= 0.3 is 0 Å². The van der Waals surface area contributed by atoms with E-state index in [0.717, 1.165) is 17.5 Å². The van der Waals surface area contributed by atoms with E-state index < -0.39 is 0 Å². The van der Waals surface area contributed by atoms with E-state index >= 15 is 0 Å². The van der Waals surface area contributed by atoms with E-state index in [9.17, 15) is 9.59 Å². The number of rotatable bonds is 6. The van der Waals surface area contributed by atoms with Gasteiger partial charge in [-0.3, -0.25) is 14.3 Å². The molecule has 0 saturated heterocycles. The largest absolute Gasteiger partial charge is 0.385 e. The monoisotopic (exact) mass is 292 g/mol. The number of amides is 1. The highest BCUT2D eigenvalue weighted by Crippen LogP contribution is 2.12. The minimum Gasteiger partial charge on any atom is -0.385 e. The highest BCUT2D eigenvalue weighted by molar-refractivity contribution is 5.81. The molecule has 114 valence electrons. The van der Waals surface area contributed by atoms with Crippen molar-refractivity contribution >= 4 is 16.8 Å². The molecule has 0 radical (unpaired) electrons. The van der Waals surface area contributed by atoms with Crippen LogP contribution < -0.4 is 10.9 Å². The number of hydrogen-bond donors (Lipinski definition) is 1. The Hall–Kier alpha value is -2.15. The van der Waals surface area contributed by atoms with Crippen LogP contribution in [0.25, 0.3) is 10.9 Å². The lowest BCUT2D eigenvalue weighted by molar-refractivity contribution is -0.121. The summed E-state index contributed by atoms with van der Waals surface area (Å²) in [4.78, 5) is 24.2. The Kier molecular flexibility index (Phi) is 4.74. The molecule has 21 heavy (non-hydrogen) atoms. The fourth-order valence-electron chi connectivity index (χ4n) is 2.28. The summed E-state index contributed by atoms with van der Waals surface area (Å²) in [5.74, 6) is -0.188. The molecule has 0 atom stereocenters. The van der Waals surface area contributed by atoms with Crippen molar-refractivity contribution in [2.75, 3.05) is 20.3 Å². The molecule has 7 heteroatoms. The lowest BCUT2D eigenvalue weighted by Crippen LogP contribution is -2.33. The van der Waals surface area contributed by atoms with Crippen molar-refractivity contribution in [1.29, 1.82) is 0 Å². The van der Waals surface area contributed by atoms with Crippen LogP contribution >= 0.6 is 0 Å². The standard InChI is InChI=1S/C14H20N4O3/c1-10-11-5-7-18(14(20)13(11)17(2)16-10)9-12(19)15-6-4-8-21-3/h5,7H,4,6,8-9H2,1-3H3,(H,15,19). The summed E-state index contributed by atoms with van der Waals surface area (Å²) in [5, 5.41) is 7.81. The SMILES string of the molecule is COCCCNC(=O)Cn1ccc2c(C)nn(C)c2c1=O. The van der Waals surface area contributed by atoms with Crippen LogP contribution in [0.2, 0.25) is 0 Å². The van der Waals surface area contributed by atoms with Crippen molar-refractivity contribution in [3.8, 4) is 0 Å². The van der Waals surface area contributed by atoms with Gasteiger partial charge in [0.25, 0.3) is 5.56 Å². The minimum atomic E-state index is -0.206. The molecule has 0 saturated carbocycles. The second-order valence-electron chi connectivity index (χ2n) is 4.92. The number of carbonyl (C=O) groups excluding carboxylic acids is 1. The third-order valence-corrected chi connectivity index (χ3v) is 3.31. The molecule has 0 fully saturated rings. The Morgan fingerprint density at radius 3 is 2.95 bits per heavy atom. The zero-order valence-electron chi connectivity index (χ0n) is 12.5. The number of aryl methyl sites for hydroxylation is 2. The van der Waals surface area contributed by atoms with Crippen LogP contribution in [0.3, 0.4) is 0 Å². The van der Waals surface area contributed by atoms with E-state index in [2.05, 4.69) is 10.4 Å². The number of methoxy groups -OCH3 is 1. The minimum absolute atomic E-state index is 0.00594. The average Bonchev–Trinajstić information content (AvgIpc) is 2.73. The number of carbonyl (C=O) groups is 1. The molecular weight excluding hydrogens is 272 g/mol. The molecule has 2 heterocycles. The van der Waals surface area contributed by atoms with Gasteiger partial charge in [0.1, 0.15) is 12.1 Å². The Balaban J connectivity index is 2.12. The first kappa shape index (κ1) is 15.2. The number of pyridine rings is 1. The van der Waals surface area contributed by atoms with Gasteiger partial charge in [0.15, 0.2) is 0 Å². The molecule has 2 aromatic heterocycles. The van der Waals surface area contributed by atoms with Crippen LogP contribution in [0.5, 0.6) is 0 Å². The number of hydrogen-bond acceptors (Lipinski definition) is 4. The topological polar surface area (TPSA) is 78.2 Å². The maximum absolute atomic E-state index is 12.4. The zero-order chi connectivity index (χ0) is 15.4. The molecule has 0 spiro atoms. The maximum atomic E-state index is 12.4. The first-order valence-electron chi connectivity index (χ1n) is 6.83. The molecule has 7 nitrogen and oxygen atoms in total. The molecule has 0 aliphatic carbocycles. The van der Waals surface area contributed by atoms with Gasteiger partial charge in [-0.25, -0.2) is 0 Å². The van der Waals surface area contributed by atoms with Crippen LogP contribution in [0.4, 0.5) is 0 Å². The van der Waals surface area contributed by atoms with Crippen molar-refractivity contribution in [3.63, 3.8) is 0 Å². The highest BCUT2D eigenvalue weighted by Gasteiger charge is 2.12. The maximum Gasteiger partial charge on any atom is 0.277 e. The van der Waals surface area contributed by atoms with Gasteiger partial charge in [-0.05, 0) is 19.4 Å². The second-order valence-corrected chi connectivity index (χ2v) is 4.92. The van der Waals surface area contributed by atoms with Gasteiger partial charge in [-0.15, -0.1) is 0 Å². The summed E-state index contributed by atoms with van der Waals surface area (Å²) in [6, 6.07) is 1.82. The third-order valence-electron chi connectivity index (χ3n) is 3.31. The summed E-state index contributed by atoms with van der Waals surface area (Å²) < 4.78 is 7.86. The first-order valence-corrected chi connectivity index (χ1v) is 6.83. The molecule has 1 amide bonds. The summed E-state index contributed by atoms with van der Waals surface area (Å²) in [5.41, 5.74) is 1.12. The van der Waals surface area contributed by atoms with E-state index in [1.165, 1.54) is 4.57 Å². The predicted octanol–water partition coefficient (Wildman–Crippen LogP) is 0.196. The predicted molar refractivity (Wildman–Crippen MR) is 79.2 cm³/mol. The van der Waals surface area contributed by atoms with E-state index in [1.807, 2.05) is 13.0 Å². The van der Waals surface area contributed by atoms with E-state index in [0.29, 0.717) is 18.7 Å². The number of ether oxygens (including phenoxy) is 1. The second kappa shape index (κ2) is 6.53. The van der Waals surface area contributed by atoms with Crippen LogP contribution in [0, 0.1) is 6.92 Å². The van der Waals surface area contributed by atoms with Crippen molar-refractivity contribution in [2.24, 2.45) is 7.05 Å². The number of fused-ring (bicyclic) bond motifs is 1. The summed E-state index contributed by atoms with van der Waals surface area (Å²) in [6.45, 7) is 3.00. The fourth-order valence-corrected chi connectivity index (χ4v) is 2.28. The summed E-state index contributed by atoms with van der Waals surface area (Å²) in [7, 11) is 3.35. The van der Waals surface area contributed by atoms with Gasteiger partial charge in [-0.1, -0.05) is 0 Å². The van der Waals surface area contributed by atoms with Crippen LogP contribution in [0.1, 0.15) is 12.1 Å². The Morgan fingerprint density at radius 2 is 2.24 bits per heavy atom. The van der Waals surface area contributed by atoms with E-state index in [1.54, 1.807) is 25.0 Å². The van der Waals surface area contributed by atoms with Crippen LogP contribution in [0.15, 0.2) is 17.1 Å². The first-order chi connectivity index (χ1) is 10.0. The van der Waals surface area contributed by atoms with Gasteiger partial charge in [-0.2, -0.15) is 5.10 Å². The molecule has 2 rings (SSSR count). The molecule has 0 bridgehead atoms. The van der Waals surface area contributed by atoms with Crippen molar-refractivity contribution in [1.82, 2.24) is 19.7 Å². The third kappa shape index (κ3) is 3.30. The lowest BCUT2D eigenvalue weighted by atomic mass is 10.2. The smallest absolute Gasteiger partial charge is 0.277 e. The summed E-state index contributed by atoms with van der Waals surface area (Å²) in [6.07, 6.45) is 2.38. The molecular formula is C14H20N4O3. The fraction of sp³-hybridized carbons (Fsp3) is 0.500. The van der Waals surface area contributed by atoms with Gasteiger partial charge in [0.05, 0.1) is 5.69 Å². The van der Waals surface area contributed by atoms with E-state index in [-0.39, 0.29) is 18.0 Å². The van der Waals surface area contributed by atoms with E-state index in [4.69, 9.17) is 4.74 Å². The van der Waals surface area contributed by atoms with Crippen molar-refractivity contribution < 1.29 is 9.53 Å². The summed E-state index contributed by atoms with van der Waals surface area (Å²) >= 11 is 0. The Labute approximate surface area is 122 Å². The molecule has 0 aliphatic heterocycles. The van der Waals surface area contributed by atoms with Gasteiger partial charge < -0.3 is 14.6 Å². The molecule has 0 aromatic carbocycles. The lowest BCUT2D eigenvalue weighted by Gasteiger charge is -2.07. The number of nitrogens with one attached hydrogen (secondary N) is 1. The zero-order valence-corrected chi connectivity index (χ0v) is 12.5. The highest BCUT2D eigenvalue weighted by atomic mass is 16.5. The Bertz CT molecular complexity index is 702. The normalized spacial score (nSPS) is 11.0. The molecule has 0 unspecified atom stereocenters. The Morgan fingerprint density at radius 1 is 1.48 bits per heavy atom. The molecule has 0 aliphatic rings. The van der Waals surface area contributed by atoms with Crippen LogP contribution in [-0.2, 0) is 23.1 Å². The van der Waals surface area contributed by atoms with Crippen molar-refractivity contribution in [3.05, 3.63) is 28.3 Å². The average molecular weight is 292 g/mol. The van der Waals surface area contributed by atoms with Crippen LogP contribution in [-0.4, -0.2) is 40.5 Å². The van der Waals surface area contributed by atoms with Gasteiger partial charge in [0, 0.05) is 38.9 Å². The number of nitrogens with zero attached hydrogens (tertiary/aromatic N) is 3.